The molecule has 0 spiro atoms. The molecule has 0 bridgehead atoms. The summed E-state index contributed by atoms with van der Waals surface area (Å²) in [5, 5.41) is 0. The van der Waals surface area contributed by atoms with Crippen LogP contribution in [0, 0.1) is 11.6 Å². The van der Waals surface area contributed by atoms with E-state index in [1.165, 1.54) is 11.1 Å². The number of rotatable bonds is 6. The predicted octanol–water partition coefficient (Wildman–Crippen LogP) is 3.45. The van der Waals surface area contributed by atoms with Gasteiger partial charge in [0, 0.05) is 19.6 Å². The molecule has 0 amide bonds. The van der Waals surface area contributed by atoms with Crippen molar-refractivity contribution in [2.24, 2.45) is 0 Å². The molecule has 0 atom stereocenters. The standard InChI is InChI=1S/C18H19BrF2N2O2S/c19-15-10-17(21)18(11-16(15)20)26(24,25)22-7-3-8-23-9-6-13-4-1-2-5-14(13)12-23/h1-2,4-5,10-11,22H,3,6-9,12H2. The van der Waals surface area contributed by atoms with Gasteiger partial charge < -0.3 is 0 Å². The van der Waals surface area contributed by atoms with Crippen molar-refractivity contribution in [3.63, 3.8) is 0 Å². The Bertz CT molecular complexity index is 906. The van der Waals surface area contributed by atoms with Crippen LogP contribution in [0.15, 0.2) is 45.8 Å². The third-order valence-electron chi connectivity index (χ3n) is 4.42. The first-order valence-electron chi connectivity index (χ1n) is 8.30. The second-order valence-corrected chi connectivity index (χ2v) is 8.83. The molecule has 1 N–H and O–H groups in total. The summed E-state index contributed by atoms with van der Waals surface area (Å²) in [5.74, 6) is -1.81. The number of fused-ring (bicyclic) bond motifs is 1. The number of sulfonamides is 1. The maximum absolute atomic E-state index is 13.8. The Labute approximate surface area is 160 Å². The summed E-state index contributed by atoms with van der Waals surface area (Å²) < 4.78 is 54.0. The van der Waals surface area contributed by atoms with E-state index in [4.69, 9.17) is 0 Å². The minimum absolute atomic E-state index is 0.112. The summed E-state index contributed by atoms with van der Waals surface area (Å²) in [6.45, 7) is 2.66. The van der Waals surface area contributed by atoms with Gasteiger partial charge in [-0.05, 0) is 58.6 Å². The van der Waals surface area contributed by atoms with Crippen LogP contribution in [0.1, 0.15) is 17.5 Å². The molecule has 0 aromatic heterocycles. The second kappa shape index (κ2) is 8.12. The van der Waals surface area contributed by atoms with Crippen molar-refractivity contribution >= 4 is 26.0 Å². The molecule has 0 saturated carbocycles. The summed E-state index contributed by atoms with van der Waals surface area (Å²) in [6, 6.07) is 9.79. The van der Waals surface area contributed by atoms with E-state index in [0.29, 0.717) is 12.5 Å². The number of halogens is 3. The van der Waals surface area contributed by atoms with Gasteiger partial charge in [0.25, 0.3) is 0 Å². The molecule has 0 aliphatic carbocycles. The molecule has 2 aromatic rings. The van der Waals surface area contributed by atoms with E-state index in [1.807, 2.05) is 12.1 Å². The van der Waals surface area contributed by atoms with Crippen LogP contribution in [-0.4, -0.2) is 33.0 Å². The fourth-order valence-electron chi connectivity index (χ4n) is 3.04. The van der Waals surface area contributed by atoms with Gasteiger partial charge in [-0.25, -0.2) is 21.9 Å². The minimum atomic E-state index is -4.09. The fourth-order valence-corrected chi connectivity index (χ4v) is 4.50. The van der Waals surface area contributed by atoms with Crippen LogP contribution in [0.3, 0.4) is 0 Å². The van der Waals surface area contributed by atoms with E-state index in [-0.39, 0.29) is 11.0 Å². The molecule has 1 aliphatic rings. The number of nitrogens with one attached hydrogen (secondary N) is 1. The van der Waals surface area contributed by atoms with Crippen LogP contribution in [0.25, 0.3) is 0 Å². The van der Waals surface area contributed by atoms with E-state index in [2.05, 4.69) is 37.7 Å². The zero-order chi connectivity index (χ0) is 18.7. The van der Waals surface area contributed by atoms with Gasteiger partial charge in [-0.3, -0.25) is 4.90 Å². The van der Waals surface area contributed by atoms with Crippen LogP contribution < -0.4 is 4.72 Å². The van der Waals surface area contributed by atoms with Gasteiger partial charge in [-0.2, -0.15) is 0 Å². The van der Waals surface area contributed by atoms with Gasteiger partial charge in [0.1, 0.15) is 16.5 Å². The maximum atomic E-state index is 13.8. The van der Waals surface area contributed by atoms with Gasteiger partial charge in [0.15, 0.2) is 0 Å². The van der Waals surface area contributed by atoms with Crippen LogP contribution in [0.4, 0.5) is 8.78 Å². The lowest BCUT2D eigenvalue weighted by Crippen LogP contribution is -2.34. The van der Waals surface area contributed by atoms with Gasteiger partial charge in [0.05, 0.1) is 4.47 Å². The monoisotopic (exact) mass is 444 g/mol. The van der Waals surface area contributed by atoms with E-state index in [9.17, 15) is 17.2 Å². The average Bonchev–Trinajstić information content (AvgIpc) is 2.61. The lowest BCUT2D eigenvalue weighted by atomic mass is 10.00. The van der Waals surface area contributed by atoms with Crippen molar-refractivity contribution in [1.29, 1.82) is 0 Å². The zero-order valence-corrected chi connectivity index (χ0v) is 16.4. The van der Waals surface area contributed by atoms with E-state index < -0.39 is 26.6 Å². The third-order valence-corrected chi connectivity index (χ3v) is 6.50. The minimum Gasteiger partial charge on any atom is -0.299 e. The summed E-state index contributed by atoms with van der Waals surface area (Å²) >= 11 is 2.83. The van der Waals surface area contributed by atoms with Crippen molar-refractivity contribution in [3.8, 4) is 0 Å². The topological polar surface area (TPSA) is 49.4 Å². The molecule has 0 fully saturated rings. The van der Waals surface area contributed by atoms with Gasteiger partial charge >= 0.3 is 0 Å². The van der Waals surface area contributed by atoms with Crippen LogP contribution in [0.2, 0.25) is 0 Å². The Morgan fingerprint density at radius 3 is 2.62 bits per heavy atom. The van der Waals surface area contributed by atoms with Crippen molar-refractivity contribution in [2.75, 3.05) is 19.6 Å². The molecule has 0 radical (unpaired) electrons. The molecule has 26 heavy (non-hydrogen) atoms. The van der Waals surface area contributed by atoms with Crippen LogP contribution >= 0.6 is 15.9 Å². The van der Waals surface area contributed by atoms with Gasteiger partial charge in [-0.15, -0.1) is 0 Å². The Morgan fingerprint density at radius 2 is 1.85 bits per heavy atom. The SMILES string of the molecule is O=S(=O)(NCCCN1CCc2ccccc2C1)c1cc(F)c(Br)cc1F. The smallest absolute Gasteiger partial charge is 0.243 e. The van der Waals surface area contributed by atoms with Crippen molar-refractivity contribution in [3.05, 3.63) is 63.6 Å². The number of hydrogen-bond acceptors (Lipinski definition) is 3. The van der Waals surface area contributed by atoms with Crippen LogP contribution in [0.5, 0.6) is 0 Å². The first-order valence-corrected chi connectivity index (χ1v) is 10.6. The molecule has 0 unspecified atom stereocenters. The first kappa shape index (κ1) is 19.4. The predicted molar refractivity (Wildman–Crippen MR) is 99.3 cm³/mol. The third kappa shape index (κ3) is 4.49. The molecular formula is C18H19BrF2N2O2S. The van der Waals surface area contributed by atoms with Gasteiger partial charge in [-0.1, -0.05) is 24.3 Å². The second-order valence-electron chi connectivity index (χ2n) is 6.24. The Balaban J connectivity index is 1.53. The largest absolute Gasteiger partial charge is 0.299 e. The molecule has 1 heterocycles. The quantitative estimate of drug-likeness (QED) is 0.548. The fraction of sp³-hybridized carbons (Fsp3) is 0.333. The Kier molecular flexibility index (Phi) is 6.06. The average molecular weight is 445 g/mol. The van der Waals surface area contributed by atoms with Gasteiger partial charge in [0.2, 0.25) is 10.0 Å². The van der Waals surface area contributed by atoms with E-state index >= 15 is 0 Å². The Hall–Kier alpha value is -1.35. The highest BCUT2D eigenvalue weighted by Gasteiger charge is 2.21. The molecule has 2 aromatic carbocycles. The summed E-state index contributed by atoms with van der Waals surface area (Å²) in [7, 11) is -4.09. The van der Waals surface area contributed by atoms with Crippen molar-refractivity contribution in [2.45, 2.75) is 24.3 Å². The van der Waals surface area contributed by atoms with E-state index in [0.717, 1.165) is 32.1 Å². The Morgan fingerprint density at radius 1 is 1.12 bits per heavy atom. The number of benzene rings is 2. The molecule has 8 heteroatoms. The highest BCUT2D eigenvalue weighted by molar-refractivity contribution is 9.10. The number of nitrogens with zero attached hydrogens (tertiary/aromatic N) is 1. The first-order chi connectivity index (χ1) is 12.4. The highest BCUT2D eigenvalue weighted by atomic mass is 79.9. The molecule has 1 aliphatic heterocycles. The molecular weight excluding hydrogens is 426 g/mol. The van der Waals surface area contributed by atoms with Crippen LogP contribution in [-0.2, 0) is 23.0 Å². The van der Waals surface area contributed by atoms with Crippen molar-refractivity contribution < 1.29 is 17.2 Å². The molecule has 3 rings (SSSR count). The lowest BCUT2D eigenvalue weighted by Gasteiger charge is -2.28. The summed E-state index contributed by atoms with van der Waals surface area (Å²) in [5.41, 5.74) is 2.66. The molecule has 4 nitrogen and oxygen atoms in total. The molecule has 0 saturated heterocycles. The van der Waals surface area contributed by atoms with E-state index in [1.54, 1.807) is 0 Å². The molecule has 140 valence electrons. The zero-order valence-electron chi connectivity index (χ0n) is 14.0. The lowest BCUT2D eigenvalue weighted by molar-refractivity contribution is 0.251. The highest BCUT2D eigenvalue weighted by Crippen LogP contribution is 2.23. The summed E-state index contributed by atoms with van der Waals surface area (Å²) in [4.78, 5) is 1.58. The maximum Gasteiger partial charge on any atom is 0.243 e. The van der Waals surface area contributed by atoms with Crippen molar-refractivity contribution in [1.82, 2.24) is 9.62 Å². The normalized spacial score (nSPS) is 15.0. The number of hydrogen-bond donors (Lipinski definition) is 1. The summed E-state index contributed by atoms with van der Waals surface area (Å²) in [6.07, 6.45) is 1.56.